The van der Waals surface area contributed by atoms with Gasteiger partial charge in [-0.15, -0.1) is 0 Å². The largest absolute Gasteiger partial charge is 0.451 e. The summed E-state index contributed by atoms with van der Waals surface area (Å²) in [6.45, 7) is 3.94. The third-order valence-corrected chi connectivity index (χ3v) is 5.77. The van der Waals surface area contributed by atoms with Crippen LogP contribution in [-0.2, 0) is 6.42 Å². The number of para-hydroxylation sites is 1. The minimum atomic E-state index is -0.667. The molecule has 0 unspecified atom stereocenters. The van der Waals surface area contributed by atoms with Crippen molar-refractivity contribution in [2.75, 3.05) is 10.6 Å². The van der Waals surface area contributed by atoms with E-state index in [1.165, 1.54) is 0 Å². The van der Waals surface area contributed by atoms with Gasteiger partial charge in [0.1, 0.15) is 16.9 Å². The Hall–Kier alpha value is -4.65. The van der Waals surface area contributed by atoms with E-state index in [-0.39, 0.29) is 22.6 Å². The average molecular weight is 466 g/mol. The Morgan fingerprint density at radius 3 is 2.31 bits per heavy atom. The van der Waals surface area contributed by atoms with Gasteiger partial charge >= 0.3 is 0 Å². The third kappa shape index (κ3) is 4.31. The van der Waals surface area contributed by atoms with Crippen molar-refractivity contribution in [2.45, 2.75) is 20.3 Å². The lowest BCUT2D eigenvalue weighted by molar-refractivity contribution is 0.0996. The van der Waals surface area contributed by atoms with Gasteiger partial charge in [0.25, 0.3) is 11.8 Å². The zero-order chi connectivity index (χ0) is 24.5. The van der Waals surface area contributed by atoms with Gasteiger partial charge in [0.15, 0.2) is 11.2 Å². The second-order valence-electron chi connectivity index (χ2n) is 8.24. The lowest BCUT2D eigenvalue weighted by atomic mass is 10.1. The Labute approximate surface area is 200 Å². The number of amides is 2. The van der Waals surface area contributed by atoms with Crippen molar-refractivity contribution in [1.29, 1.82) is 0 Å². The molecule has 3 aromatic carbocycles. The summed E-state index contributed by atoms with van der Waals surface area (Å²) < 4.78 is 11.5. The standard InChI is InChI=1S/C28H22N2O5/c1-3-17-10-13-23-20(14-17)21(31)15-24(34-23)27(32)30-25-19-6-4-5-7-22(19)35-26(25)28(33)29-18-11-8-16(2)9-12-18/h4-15H,3H2,1-2H3,(H,29,33)(H,30,32). The van der Waals surface area contributed by atoms with Crippen LogP contribution in [0.25, 0.3) is 21.9 Å². The molecule has 0 aliphatic rings. The molecule has 0 atom stereocenters. The summed E-state index contributed by atoms with van der Waals surface area (Å²) in [5.74, 6) is -1.41. The molecule has 2 heterocycles. The van der Waals surface area contributed by atoms with Crippen LogP contribution in [0.3, 0.4) is 0 Å². The van der Waals surface area contributed by atoms with Crippen LogP contribution in [0.4, 0.5) is 11.4 Å². The molecule has 2 amide bonds. The molecule has 35 heavy (non-hydrogen) atoms. The second kappa shape index (κ2) is 8.95. The molecule has 0 saturated carbocycles. The number of furan rings is 1. The normalized spacial score (nSPS) is 11.0. The summed E-state index contributed by atoms with van der Waals surface area (Å²) in [4.78, 5) is 38.9. The van der Waals surface area contributed by atoms with Crippen molar-refractivity contribution in [3.8, 4) is 0 Å². The number of hydrogen-bond donors (Lipinski definition) is 2. The van der Waals surface area contributed by atoms with Crippen LogP contribution in [0, 0.1) is 6.92 Å². The number of carbonyl (C=O) groups excluding carboxylic acids is 2. The van der Waals surface area contributed by atoms with Crippen LogP contribution in [0.2, 0.25) is 0 Å². The predicted octanol–water partition coefficient (Wildman–Crippen LogP) is 5.91. The topological polar surface area (TPSA) is 102 Å². The predicted molar refractivity (Wildman–Crippen MR) is 135 cm³/mol. The van der Waals surface area contributed by atoms with E-state index in [4.69, 9.17) is 8.83 Å². The fraction of sp³-hybridized carbons (Fsp3) is 0.107. The summed E-state index contributed by atoms with van der Waals surface area (Å²) >= 11 is 0. The molecule has 0 fully saturated rings. The van der Waals surface area contributed by atoms with E-state index < -0.39 is 11.8 Å². The van der Waals surface area contributed by atoms with Crippen molar-refractivity contribution in [3.05, 3.63) is 106 Å². The van der Waals surface area contributed by atoms with E-state index in [1.54, 1.807) is 48.5 Å². The van der Waals surface area contributed by atoms with Crippen molar-refractivity contribution in [1.82, 2.24) is 0 Å². The highest BCUT2D eigenvalue weighted by Crippen LogP contribution is 2.32. The Kier molecular flexibility index (Phi) is 5.66. The highest BCUT2D eigenvalue weighted by atomic mass is 16.4. The molecular formula is C28H22N2O5. The summed E-state index contributed by atoms with van der Waals surface area (Å²) in [6, 6.07) is 20.8. The molecule has 0 radical (unpaired) electrons. The van der Waals surface area contributed by atoms with E-state index in [0.717, 1.165) is 23.6 Å². The minimum absolute atomic E-state index is 0.0594. The molecular weight excluding hydrogens is 444 g/mol. The minimum Gasteiger partial charge on any atom is -0.451 e. The molecule has 2 N–H and O–H groups in total. The molecule has 7 heteroatoms. The molecule has 0 aliphatic heterocycles. The zero-order valence-electron chi connectivity index (χ0n) is 19.2. The summed E-state index contributed by atoms with van der Waals surface area (Å²) in [5, 5.41) is 6.46. The van der Waals surface area contributed by atoms with Crippen LogP contribution in [0.1, 0.15) is 39.2 Å². The van der Waals surface area contributed by atoms with Crippen molar-refractivity contribution >= 4 is 45.1 Å². The van der Waals surface area contributed by atoms with Gasteiger partial charge in [-0.1, -0.05) is 42.8 Å². The molecule has 0 bridgehead atoms. The molecule has 0 saturated heterocycles. The molecule has 0 aliphatic carbocycles. The first kappa shape index (κ1) is 22.2. The van der Waals surface area contributed by atoms with Crippen molar-refractivity contribution < 1.29 is 18.4 Å². The second-order valence-corrected chi connectivity index (χ2v) is 8.24. The number of hydrogen-bond acceptors (Lipinski definition) is 5. The number of carbonyl (C=O) groups is 2. The Balaban J connectivity index is 1.51. The number of nitrogens with one attached hydrogen (secondary N) is 2. The fourth-order valence-corrected chi connectivity index (χ4v) is 3.86. The van der Waals surface area contributed by atoms with Gasteiger partial charge in [0.05, 0.1) is 5.39 Å². The summed E-state index contributed by atoms with van der Waals surface area (Å²) in [6.07, 6.45) is 0.776. The fourth-order valence-electron chi connectivity index (χ4n) is 3.86. The third-order valence-electron chi connectivity index (χ3n) is 5.77. The first-order valence-electron chi connectivity index (χ1n) is 11.2. The van der Waals surface area contributed by atoms with Gasteiger partial charge < -0.3 is 19.5 Å². The summed E-state index contributed by atoms with van der Waals surface area (Å²) in [5.41, 5.74) is 3.27. The van der Waals surface area contributed by atoms with E-state index in [0.29, 0.717) is 27.6 Å². The van der Waals surface area contributed by atoms with Crippen LogP contribution < -0.4 is 16.1 Å². The highest BCUT2D eigenvalue weighted by Gasteiger charge is 2.24. The van der Waals surface area contributed by atoms with E-state index in [9.17, 15) is 14.4 Å². The lowest BCUT2D eigenvalue weighted by Gasteiger charge is -2.08. The van der Waals surface area contributed by atoms with Gasteiger partial charge in [-0.05, 0) is 55.3 Å². The van der Waals surface area contributed by atoms with Crippen LogP contribution in [-0.4, -0.2) is 11.8 Å². The first-order valence-corrected chi connectivity index (χ1v) is 11.2. The SMILES string of the molecule is CCc1ccc2oc(C(=O)Nc3c(C(=O)Nc4ccc(C)cc4)oc4ccccc34)cc(=O)c2c1. The Morgan fingerprint density at radius 1 is 0.800 bits per heavy atom. The maximum atomic E-state index is 13.1. The molecule has 7 nitrogen and oxygen atoms in total. The van der Waals surface area contributed by atoms with Gasteiger partial charge in [0.2, 0.25) is 5.76 Å². The number of fused-ring (bicyclic) bond motifs is 2. The van der Waals surface area contributed by atoms with Gasteiger partial charge in [-0.25, -0.2) is 0 Å². The molecule has 2 aromatic heterocycles. The summed E-state index contributed by atoms with van der Waals surface area (Å²) in [7, 11) is 0. The van der Waals surface area contributed by atoms with Crippen LogP contribution in [0.15, 0.2) is 86.4 Å². The van der Waals surface area contributed by atoms with Gasteiger partial charge in [-0.3, -0.25) is 14.4 Å². The molecule has 0 spiro atoms. The van der Waals surface area contributed by atoms with Gasteiger partial charge in [-0.2, -0.15) is 0 Å². The number of rotatable bonds is 5. The zero-order valence-corrected chi connectivity index (χ0v) is 19.2. The monoisotopic (exact) mass is 466 g/mol. The van der Waals surface area contributed by atoms with E-state index in [1.807, 2.05) is 32.0 Å². The van der Waals surface area contributed by atoms with Crippen molar-refractivity contribution in [3.63, 3.8) is 0 Å². The van der Waals surface area contributed by atoms with Gasteiger partial charge in [0, 0.05) is 17.1 Å². The van der Waals surface area contributed by atoms with E-state index >= 15 is 0 Å². The first-order chi connectivity index (χ1) is 16.9. The number of benzene rings is 3. The lowest BCUT2D eigenvalue weighted by Crippen LogP contribution is -2.18. The smallest absolute Gasteiger partial charge is 0.293 e. The molecule has 5 rings (SSSR count). The van der Waals surface area contributed by atoms with Crippen LogP contribution >= 0.6 is 0 Å². The molecule has 174 valence electrons. The number of anilines is 2. The quantitative estimate of drug-likeness (QED) is 0.335. The average Bonchev–Trinajstić information content (AvgIpc) is 3.23. The van der Waals surface area contributed by atoms with Crippen LogP contribution in [0.5, 0.6) is 0 Å². The molecule has 5 aromatic rings. The maximum absolute atomic E-state index is 13.1. The highest BCUT2D eigenvalue weighted by molar-refractivity contribution is 6.16. The number of aryl methyl sites for hydroxylation is 2. The van der Waals surface area contributed by atoms with E-state index in [2.05, 4.69) is 10.6 Å². The Bertz CT molecular complexity index is 1640. The van der Waals surface area contributed by atoms with Crippen molar-refractivity contribution in [2.24, 2.45) is 0 Å². The Morgan fingerprint density at radius 2 is 1.54 bits per heavy atom. The maximum Gasteiger partial charge on any atom is 0.293 e.